The van der Waals surface area contributed by atoms with E-state index in [1.54, 1.807) is 25.3 Å². The van der Waals surface area contributed by atoms with E-state index < -0.39 is 12.0 Å². The number of carbonyl (C=O) groups is 2. The van der Waals surface area contributed by atoms with Gasteiger partial charge in [0.2, 0.25) is 5.91 Å². The third kappa shape index (κ3) is 3.18. The number of amides is 1. The molecule has 4 rings (SSSR count). The summed E-state index contributed by atoms with van der Waals surface area (Å²) in [6.07, 6.45) is 0. The molecule has 0 unspecified atom stereocenters. The monoisotopic (exact) mass is 400 g/mol. The molecule has 1 amide bonds. The standard InChI is InChI=1S/C20H20N2O5S/c1-11-3-8-15(27-11)14-10-28-19-16(21)18(23)22(19)17(14)20(24)26-9-12-4-6-13(25-2)7-5-12/h3-8,16,19H,9-10,21H2,1-2H3/t16-,19-/m1/s1. The number of ether oxygens (including phenoxy) is 2. The van der Waals surface area contributed by atoms with Gasteiger partial charge in [0.15, 0.2) is 0 Å². The first-order valence-electron chi connectivity index (χ1n) is 8.80. The molecule has 146 valence electrons. The van der Waals surface area contributed by atoms with Crippen molar-refractivity contribution in [2.75, 3.05) is 12.9 Å². The van der Waals surface area contributed by atoms with Crippen molar-refractivity contribution >= 4 is 29.2 Å². The molecule has 0 radical (unpaired) electrons. The Balaban J connectivity index is 1.60. The molecule has 0 saturated carbocycles. The van der Waals surface area contributed by atoms with Crippen molar-refractivity contribution in [2.24, 2.45) is 5.73 Å². The molecule has 8 heteroatoms. The normalized spacial score (nSPS) is 21.2. The number of rotatable bonds is 5. The van der Waals surface area contributed by atoms with Crippen LogP contribution in [-0.4, -0.2) is 41.1 Å². The lowest BCUT2D eigenvalue weighted by Gasteiger charge is -2.48. The second-order valence-electron chi connectivity index (χ2n) is 6.60. The molecule has 2 aliphatic heterocycles. The van der Waals surface area contributed by atoms with Gasteiger partial charge in [-0.3, -0.25) is 9.69 Å². The summed E-state index contributed by atoms with van der Waals surface area (Å²) >= 11 is 1.52. The Kier molecular flexibility index (Phi) is 4.91. The zero-order valence-corrected chi connectivity index (χ0v) is 16.3. The summed E-state index contributed by atoms with van der Waals surface area (Å²) < 4.78 is 16.3. The quantitative estimate of drug-likeness (QED) is 0.608. The number of esters is 1. The number of aryl methyl sites for hydroxylation is 1. The van der Waals surface area contributed by atoms with Crippen LogP contribution in [0.2, 0.25) is 0 Å². The van der Waals surface area contributed by atoms with Crippen LogP contribution in [0.25, 0.3) is 5.57 Å². The van der Waals surface area contributed by atoms with Crippen molar-refractivity contribution < 1.29 is 23.5 Å². The van der Waals surface area contributed by atoms with Crippen molar-refractivity contribution in [2.45, 2.75) is 24.9 Å². The SMILES string of the molecule is COc1ccc(COC(=O)C2=C(c3ccc(C)o3)CS[C@@H]3[C@H](N)C(=O)N23)cc1. The summed E-state index contributed by atoms with van der Waals surface area (Å²) in [5, 5.41) is -0.254. The number of methoxy groups -OCH3 is 1. The summed E-state index contributed by atoms with van der Waals surface area (Å²) in [4.78, 5) is 26.7. The number of thioether (sulfide) groups is 1. The van der Waals surface area contributed by atoms with E-state index in [2.05, 4.69) is 0 Å². The van der Waals surface area contributed by atoms with Crippen molar-refractivity contribution in [3.63, 3.8) is 0 Å². The highest BCUT2D eigenvalue weighted by atomic mass is 32.2. The van der Waals surface area contributed by atoms with Crippen LogP contribution in [0.3, 0.4) is 0 Å². The molecule has 2 aliphatic rings. The van der Waals surface area contributed by atoms with Crippen LogP contribution in [0.4, 0.5) is 0 Å². The molecule has 0 bridgehead atoms. The molecule has 1 fully saturated rings. The topological polar surface area (TPSA) is 95.0 Å². The van der Waals surface area contributed by atoms with Crippen LogP contribution < -0.4 is 10.5 Å². The van der Waals surface area contributed by atoms with E-state index in [1.807, 2.05) is 25.1 Å². The molecule has 0 aliphatic carbocycles. The van der Waals surface area contributed by atoms with Crippen LogP contribution in [0.15, 0.2) is 46.5 Å². The van der Waals surface area contributed by atoms with Gasteiger partial charge in [-0.1, -0.05) is 12.1 Å². The molecular weight excluding hydrogens is 380 g/mol. The van der Waals surface area contributed by atoms with Gasteiger partial charge in [0, 0.05) is 11.3 Å². The average molecular weight is 400 g/mol. The molecule has 1 saturated heterocycles. The van der Waals surface area contributed by atoms with Crippen LogP contribution in [0, 0.1) is 6.92 Å². The Bertz CT molecular complexity index is 950. The van der Waals surface area contributed by atoms with E-state index in [9.17, 15) is 9.59 Å². The maximum absolute atomic E-state index is 12.9. The molecule has 2 aromatic rings. The summed E-state index contributed by atoms with van der Waals surface area (Å²) in [6, 6.07) is 10.3. The van der Waals surface area contributed by atoms with Crippen LogP contribution in [0.5, 0.6) is 5.75 Å². The molecule has 3 heterocycles. The van der Waals surface area contributed by atoms with Crippen molar-refractivity contribution in [3.05, 3.63) is 59.2 Å². The molecule has 0 spiro atoms. The molecular formula is C20H20N2O5S. The number of nitrogens with zero attached hydrogens (tertiary/aromatic N) is 1. The van der Waals surface area contributed by atoms with Crippen molar-refractivity contribution in [1.29, 1.82) is 0 Å². The van der Waals surface area contributed by atoms with E-state index in [1.165, 1.54) is 16.7 Å². The van der Waals surface area contributed by atoms with Gasteiger partial charge in [-0.25, -0.2) is 4.79 Å². The number of benzene rings is 1. The number of nitrogens with two attached hydrogens (primary N) is 1. The highest BCUT2D eigenvalue weighted by Gasteiger charge is 2.52. The molecule has 2 atom stereocenters. The second-order valence-corrected chi connectivity index (χ2v) is 7.70. The lowest BCUT2D eigenvalue weighted by molar-refractivity contribution is -0.151. The number of hydrogen-bond donors (Lipinski definition) is 1. The van der Waals surface area contributed by atoms with E-state index >= 15 is 0 Å². The van der Waals surface area contributed by atoms with Crippen molar-refractivity contribution in [1.82, 2.24) is 4.90 Å². The zero-order valence-electron chi connectivity index (χ0n) is 15.5. The number of β-lactam (4-membered cyclic amide) rings is 1. The predicted molar refractivity (Wildman–Crippen MR) is 104 cm³/mol. The van der Waals surface area contributed by atoms with Crippen LogP contribution in [-0.2, 0) is 20.9 Å². The molecule has 28 heavy (non-hydrogen) atoms. The maximum atomic E-state index is 12.9. The van der Waals surface area contributed by atoms with Gasteiger partial charge in [0.25, 0.3) is 0 Å². The molecule has 1 aromatic carbocycles. The van der Waals surface area contributed by atoms with Crippen LogP contribution >= 0.6 is 11.8 Å². The van der Waals surface area contributed by atoms with Gasteiger partial charge in [-0.05, 0) is 36.8 Å². The zero-order chi connectivity index (χ0) is 19.8. The van der Waals surface area contributed by atoms with Gasteiger partial charge in [0.1, 0.15) is 41.0 Å². The molecule has 1 aromatic heterocycles. The summed E-state index contributed by atoms with van der Waals surface area (Å²) in [5.41, 5.74) is 7.58. The van der Waals surface area contributed by atoms with E-state index in [4.69, 9.17) is 19.6 Å². The number of hydrogen-bond acceptors (Lipinski definition) is 7. The molecule has 7 nitrogen and oxygen atoms in total. The number of carbonyl (C=O) groups excluding carboxylic acids is 2. The Labute approximate surface area is 166 Å². The van der Waals surface area contributed by atoms with Crippen LogP contribution in [0.1, 0.15) is 17.1 Å². The minimum Gasteiger partial charge on any atom is -0.497 e. The van der Waals surface area contributed by atoms with Gasteiger partial charge in [-0.15, -0.1) is 11.8 Å². The largest absolute Gasteiger partial charge is 0.497 e. The van der Waals surface area contributed by atoms with E-state index in [0.717, 1.165) is 17.1 Å². The van der Waals surface area contributed by atoms with Gasteiger partial charge < -0.3 is 19.6 Å². The highest BCUT2D eigenvalue weighted by molar-refractivity contribution is 8.00. The minimum atomic E-state index is -0.603. The second kappa shape index (κ2) is 7.37. The third-order valence-corrected chi connectivity index (χ3v) is 6.07. The first kappa shape index (κ1) is 18.6. The van der Waals surface area contributed by atoms with E-state index in [0.29, 0.717) is 17.1 Å². The number of fused-ring (bicyclic) bond motifs is 1. The fourth-order valence-corrected chi connectivity index (χ4v) is 4.53. The lowest BCUT2D eigenvalue weighted by atomic mass is 10.0. The predicted octanol–water partition coefficient (Wildman–Crippen LogP) is 2.29. The summed E-state index contributed by atoms with van der Waals surface area (Å²) in [7, 11) is 1.59. The van der Waals surface area contributed by atoms with Crippen molar-refractivity contribution in [3.8, 4) is 5.75 Å². The minimum absolute atomic E-state index is 0.0860. The third-order valence-electron chi connectivity index (χ3n) is 4.77. The number of furan rings is 1. The average Bonchev–Trinajstić information content (AvgIpc) is 3.16. The maximum Gasteiger partial charge on any atom is 0.355 e. The first-order valence-corrected chi connectivity index (χ1v) is 9.84. The Hall–Kier alpha value is -2.71. The Morgan fingerprint density at radius 3 is 2.68 bits per heavy atom. The Morgan fingerprint density at radius 2 is 2.04 bits per heavy atom. The van der Waals surface area contributed by atoms with Gasteiger partial charge in [-0.2, -0.15) is 0 Å². The first-order chi connectivity index (χ1) is 13.5. The smallest absolute Gasteiger partial charge is 0.355 e. The lowest BCUT2D eigenvalue weighted by Crippen LogP contribution is -2.68. The van der Waals surface area contributed by atoms with Gasteiger partial charge in [0.05, 0.1) is 7.11 Å². The highest BCUT2D eigenvalue weighted by Crippen LogP contribution is 2.43. The Morgan fingerprint density at radius 1 is 1.29 bits per heavy atom. The molecule has 2 N–H and O–H groups in total. The fourth-order valence-electron chi connectivity index (χ4n) is 3.23. The fraction of sp³-hybridized carbons (Fsp3) is 0.300. The van der Waals surface area contributed by atoms with E-state index in [-0.39, 0.29) is 23.6 Å². The van der Waals surface area contributed by atoms with Gasteiger partial charge >= 0.3 is 5.97 Å². The summed E-state index contributed by atoms with van der Waals surface area (Å²) in [5.74, 6) is 1.68. The summed E-state index contributed by atoms with van der Waals surface area (Å²) in [6.45, 7) is 1.91.